The summed E-state index contributed by atoms with van der Waals surface area (Å²) in [7, 11) is 0. The maximum absolute atomic E-state index is 13.1. The number of rotatable bonds is 6. The number of amides is 2. The van der Waals surface area contributed by atoms with Crippen molar-refractivity contribution in [2.24, 2.45) is 15.9 Å². The van der Waals surface area contributed by atoms with Gasteiger partial charge in [-0.2, -0.15) is 0 Å². The smallest absolute Gasteiger partial charge is 0.259 e. The van der Waals surface area contributed by atoms with Crippen molar-refractivity contribution < 1.29 is 9.59 Å². The molecule has 1 N–H and O–H groups in total. The monoisotopic (exact) mass is 434 g/mol. The van der Waals surface area contributed by atoms with Crippen molar-refractivity contribution in [2.75, 3.05) is 11.1 Å². The number of para-hydroxylation sites is 2. The number of fused-ring (bicyclic) bond motifs is 3. The zero-order valence-corrected chi connectivity index (χ0v) is 18.8. The summed E-state index contributed by atoms with van der Waals surface area (Å²) in [5.41, 5.74) is 3.54. The van der Waals surface area contributed by atoms with Crippen LogP contribution in [0.2, 0.25) is 0 Å². The second-order valence-electron chi connectivity index (χ2n) is 8.03. The number of hydrogen-bond acceptors (Lipinski definition) is 5. The van der Waals surface area contributed by atoms with E-state index in [1.165, 1.54) is 11.8 Å². The first-order valence-corrected chi connectivity index (χ1v) is 11.6. The van der Waals surface area contributed by atoms with Crippen LogP contribution in [-0.4, -0.2) is 39.5 Å². The van der Waals surface area contributed by atoms with Crippen LogP contribution in [0.25, 0.3) is 0 Å². The molecule has 1 atom stereocenters. The van der Waals surface area contributed by atoms with Crippen LogP contribution in [0.3, 0.4) is 0 Å². The SMILES string of the molecule is CCc1ccccc1NC(=O)CSC1=Nc2ccccc2C2=NC(CC(C)C)C(=O)N12. The van der Waals surface area contributed by atoms with E-state index >= 15 is 0 Å². The third-order valence-electron chi connectivity index (χ3n) is 5.25. The first-order valence-electron chi connectivity index (χ1n) is 10.6. The Morgan fingerprint density at radius 1 is 1.16 bits per heavy atom. The maximum atomic E-state index is 13.1. The minimum absolute atomic E-state index is 0.0683. The lowest BCUT2D eigenvalue weighted by Gasteiger charge is -2.25. The zero-order valence-electron chi connectivity index (χ0n) is 18.0. The number of hydrogen-bond donors (Lipinski definition) is 1. The van der Waals surface area contributed by atoms with E-state index < -0.39 is 6.04 Å². The normalized spacial score (nSPS) is 17.2. The number of amidine groups is 2. The highest BCUT2D eigenvalue weighted by molar-refractivity contribution is 8.14. The van der Waals surface area contributed by atoms with Gasteiger partial charge in [0.2, 0.25) is 5.91 Å². The van der Waals surface area contributed by atoms with Crippen LogP contribution in [0, 0.1) is 5.92 Å². The Labute approximate surface area is 186 Å². The highest BCUT2D eigenvalue weighted by Gasteiger charge is 2.41. The van der Waals surface area contributed by atoms with Crippen LogP contribution in [0.5, 0.6) is 0 Å². The molecular weight excluding hydrogens is 408 g/mol. The molecular formula is C24H26N4O2S. The Kier molecular flexibility index (Phi) is 6.23. The molecule has 2 heterocycles. The summed E-state index contributed by atoms with van der Waals surface area (Å²) >= 11 is 1.27. The quantitative estimate of drug-likeness (QED) is 0.721. The zero-order chi connectivity index (χ0) is 22.0. The van der Waals surface area contributed by atoms with Crippen LogP contribution < -0.4 is 5.32 Å². The fourth-order valence-corrected chi connectivity index (χ4v) is 4.57. The van der Waals surface area contributed by atoms with Crippen LogP contribution >= 0.6 is 11.8 Å². The molecule has 1 unspecified atom stereocenters. The Hall–Kier alpha value is -2.93. The van der Waals surface area contributed by atoms with Crippen molar-refractivity contribution in [1.29, 1.82) is 0 Å². The molecule has 0 radical (unpaired) electrons. The van der Waals surface area contributed by atoms with Crippen molar-refractivity contribution in [2.45, 2.75) is 39.7 Å². The Morgan fingerprint density at radius 3 is 2.68 bits per heavy atom. The molecule has 2 aromatic carbocycles. The average molecular weight is 435 g/mol. The van der Waals surface area contributed by atoms with Gasteiger partial charge in [-0.05, 0) is 42.5 Å². The van der Waals surface area contributed by atoms with Crippen LogP contribution in [0.15, 0.2) is 58.5 Å². The Morgan fingerprint density at radius 2 is 1.90 bits per heavy atom. The van der Waals surface area contributed by atoms with Crippen LogP contribution in [-0.2, 0) is 16.0 Å². The fraction of sp³-hybridized carbons (Fsp3) is 0.333. The molecule has 0 aromatic heterocycles. The van der Waals surface area contributed by atoms with Gasteiger partial charge in [-0.3, -0.25) is 14.6 Å². The highest BCUT2D eigenvalue weighted by Crippen LogP contribution is 2.34. The lowest BCUT2D eigenvalue weighted by Crippen LogP contribution is -2.41. The molecule has 31 heavy (non-hydrogen) atoms. The molecule has 160 valence electrons. The minimum atomic E-state index is -0.405. The molecule has 0 saturated heterocycles. The standard InChI is InChI=1S/C24H26N4O2S/c1-4-16-9-5-7-11-18(16)25-21(29)14-31-24-27-19-12-8-6-10-17(19)22-26-20(13-15(2)3)23(30)28(22)24/h5-12,15,20H,4,13-14H2,1-3H3,(H,25,29). The van der Waals surface area contributed by atoms with E-state index in [4.69, 9.17) is 4.99 Å². The van der Waals surface area contributed by atoms with Gasteiger partial charge in [0, 0.05) is 11.3 Å². The summed E-state index contributed by atoms with van der Waals surface area (Å²) < 4.78 is 0. The van der Waals surface area contributed by atoms with E-state index in [2.05, 4.69) is 31.1 Å². The van der Waals surface area contributed by atoms with Crippen molar-refractivity contribution >= 4 is 46.0 Å². The predicted molar refractivity (Wildman–Crippen MR) is 127 cm³/mol. The molecule has 2 aromatic rings. The van der Waals surface area contributed by atoms with E-state index in [0.29, 0.717) is 23.3 Å². The molecule has 2 amide bonds. The second-order valence-corrected chi connectivity index (χ2v) is 8.97. The van der Waals surface area contributed by atoms with E-state index in [1.54, 1.807) is 4.90 Å². The third kappa shape index (κ3) is 4.42. The molecule has 4 rings (SSSR count). The fourth-order valence-electron chi connectivity index (χ4n) is 3.77. The molecule has 0 saturated carbocycles. The van der Waals surface area contributed by atoms with Crippen LogP contribution in [0.4, 0.5) is 11.4 Å². The number of benzene rings is 2. The number of nitrogens with one attached hydrogen (secondary N) is 1. The maximum Gasteiger partial charge on any atom is 0.259 e. The summed E-state index contributed by atoms with van der Waals surface area (Å²) in [6, 6.07) is 15.1. The third-order valence-corrected chi connectivity index (χ3v) is 6.19. The van der Waals surface area contributed by atoms with Gasteiger partial charge >= 0.3 is 0 Å². The van der Waals surface area contributed by atoms with Crippen molar-refractivity contribution in [3.8, 4) is 0 Å². The molecule has 2 aliphatic rings. The van der Waals surface area contributed by atoms with Crippen molar-refractivity contribution in [3.05, 3.63) is 59.7 Å². The lowest BCUT2D eigenvalue weighted by molar-refractivity contribution is -0.125. The van der Waals surface area contributed by atoms with Gasteiger partial charge in [-0.15, -0.1) is 0 Å². The summed E-state index contributed by atoms with van der Waals surface area (Å²) in [5, 5.41) is 3.48. The van der Waals surface area contributed by atoms with Gasteiger partial charge in [0.25, 0.3) is 5.91 Å². The number of carbonyl (C=O) groups excluding carboxylic acids is 2. The molecule has 0 bridgehead atoms. The number of carbonyl (C=O) groups is 2. The first kappa shape index (κ1) is 21.3. The van der Waals surface area contributed by atoms with Gasteiger partial charge in [-0.1, -0.05) is 62.9 Å². The molecule has 0 spiro atoms. The highest BCUT2D eigenvalue weighted by atomic mass is 32.2. The summed E-state index contributed by atoms with van der Waals surface area (Å²) in [5.74, 6) is 0.954. The van der Waals surface area contributed by atoms with E-state index in [-0.39, 0.29) is 17.6 Å². The molecule has 2 aliphatic heterocycles. The summed E-state index contributed by atoms with van der Waals surface area (Å²) in [6.45, 7) is 6.23. The number of anilines is 1. The van der Waals surface area contributed by atoms with E-state index in [1.807, 2.05) is 48.5 Å². The number of thioether (sulfide) groups is 1. The van der Waals surface area contributed by atoms with Crippen molar-refractivity contribution in [1.82, 2.24) is 4.90 Å². The first-order chi connectivity index (χ1) is 15.0. The molecule has 0 fully saturated rings. The molecule has 0 aliphatic carbocycles. The lowest BCUT2D eigenvalue weighted by atomic mass is 10.0. The predicted octanol–water partition coefficient (Wildman–Crippen LogP) is 4.63. The van der Waals surface area contributed by atoms with E-state index in [9.17, 15) is 9.59 Å². The topological polar surface area (TPSA) is 74.1 Å². The Bertz CT molecular complexity index is 1080. The average Bonchev–Trinajstić information content (AvgIpc) is 3.08. The second kappa shape index (κ2) is 9.06. The summed E-state index contributed by atoms with van der Waals surface area (Å²) in [4.78, 5) is 36.8. The Balaban J connectivity index is 1.54. The number of aliphatic imine (C=N–C) groups is 2. The van der Waals surface area contributed by atoms with Crippen LogP contribution in [0.1, 0.15) is 38.3 Å². The van der Waals surface area contributed by atoms with Gasteiger partial charge in [0.15, 0.2) is 5.17 Å². The number of nitrogens with zero attached hydrogens (tertiary/aromatic N) is 3. The largest absolute Gasteiger partial charge is 0.325 e. The summed E-state index contributed by atoms with van der Waals surface area (Å²) in [6.07, 6.45) is 1.53. The van der Waals surface area contributed by atoms with Gasteiger partial charge < -0.3 is 5.32 Å². The number of aryl methyl sites for hydroxylation is 1. The van der Waals surface area contributed by atoms with E-state index in [0.717, 1.165) is 28.9 Å². The van der Waals surface area contributed by atoms with Gasteiger partial charge in [0.1, 0.15) is 11.9 Å². The molecule has 6 nitrogen and oxygen atoms in total. The minimum Gasteiger partial charge on any atom is -0.325 e. The molecule has 7 heteroatoms. The van der Waals surface area contributed by atoms with Gasteiger partial charge in [-0.25, -0.2) is 9.89 Å². The van der Waals surface area contributed by atoms with Gasteiger partial charge in [0.05, 0.1) is 11.4 Å². The van der Waals surface area contributed by atoms with Crippen molar-refractivity contribution in [3.63, 3.8) is 0 Å².